The Kier molecular flexibility index (Phi) is 27.2. The number of pyridine rings is 6. The summed E-state index contributed by atoms with van der Waals surface area (Å²) in [5, 5.41) is 17.8. The smallest absolute Gasteiger partial charge is 0.213 e. The van der Waals surface area contributed by atoms with E-state index in [1.807, 2.05) is 127 Å². The molecule has 0 unspecified atom stereocenters. The van der Waals surface area contributed by atoms with E-state index in [1.54, 1.807) is 13.8 Å². The predicted octanol–water partition coefficient (Wildman–Crippen LogP) is 24.8. The van der Waals surface area contributed by atoms with E-state index in [1.165, 1.54) is 116 Å². The van der Waals surface area contributed by atoms with Crippen molar-refractivity contribution in [1.82, 2.24) is 49.2 Å². The van der Waals surface area contributed by atoms with Gasteiger partial charge in [-0.15, -0.1) is 10.2 Å². The van der Waals surface area contributed by atoms with Gasteiger partial charge in [0.15, 0.2) is 0 Å². The Morgan fingerprint density at radius 1 is 0.275 bits per heavy atom. The summed E-state index contributed by atoms with van der Waals surface area (Å²) >= 11 is 0. The first kappa shape index (κ1) is 79.0. The highest BCUT2D eigenvalue weighted by Gasteiger charge is 2.12. The molecule has 0 aliphatic rings. The zero-order chi connectivity index (χ0) is 77.7. The lowest BCUT2D eigenvalue weighted by atomic mass is 9.91. The zero-order valence-electron chi connectivity index (χ0n) is 66.4. The summed E-state index contributed by atoms with van der Waals surface area (Å²) in [6.45, 7) is 32.7. The molecule has 17 rings (SSSR count). The molecular formula is C98H100N10O. The third kappa shape index (κ3) is 21.8. The lowest BCUT2D eigenvalue weighted by Gasteiger charge is -2.13. The lowest BCUT2D eigenvalue weighted by molar-refractivity contribution is 0.489. The molecule has 0 spiro atoms. The van der Waals surface area contributed by atoms with Crippen LogP contribution in [-0.2, 0) is 14.1 Å². The standard InChI is InChI=1S/2C22H18.3C12H12N2.2C7H11N.C4H6N2O/c1-15-11-19(13-17-7-3-5-9-21(15)17)20-12-16(2)22-10-6-4-8-18(22)14-20;1-15-11-13-21(19-9-5-3-7-17(15)19)22-14-12-16(2)18-8-4-6-10-20(18)22;1-9-3-6-12(14-7-9)11-5-4-10(2)13-8-11;1-9-3-5-11(7-13-9)12-6-4-10(2)14-8-12;1-9-6-11(8-13-7-9)12-5-3-4-10(2)14-12;1-6-4-7(2)8(3)5-6;1-6-4-5-7(2)8(6)3;1-3-5-6-4(2)7-3/h2*3-14H,1-2H3;3*3-8H,1-2H3;2*4-5H,1-3H3;1-2H3. The molecule has 0 saturated carbocycles. The van der Waals surface area contributed by atoms with Crippen molar-refractivity contribution in [3.63, 3.8) is 0 Å². The summed E-state index contributed by atoms with van der Waals surface area (Å²) in [7, 11) is 4.13. The van der Waals surface area contributed by atoms with Crippen molar-refractivity contribution >= 4 is 43.1 Å². The van der Waals surface area contributed by atoms with E-state index in [-0.39, 0.29) is 0 Å². The monoisotopic (exact) mass is 1430 g/mol. The molecule has 11 nitrogen and oxygen atoms in total. The van der Waals surface area contributed by atoms with E-state index in [0.717, 1.165) is 62.0 Å². The Balaban J connectivity index is 0.000000137. The molecule has 0 radical (unpaired) electrons. The second-order valence-corrected chi connectivity index (χ2v) is 28.0. The molecule has 17 aromatic rings. The zero-order valence-corrected chi connectivity index (χ0v) is 66.4. The Morgan fingerprint density at radius 2 is 0.743 bits per heavy atom. The van der Waals surface area contributed by atoms with Gasteiger partial charge in [-0.3, -0.25) is 29.9 Å². The number of benzene rings is 8. The number of nitrogens with zero attached hydrogens (tertiary/aromatic N) is 10. The van der Waals surface area contributed by atoms with E-state index in [9.17, 15) is 0 Å². The van der Waals surface area contributed by atoms with Gasteiger partial charge in [-0.05, 0) is 280 Å². The molecule has 0 fully saturated rings. The fraction of sp³-hybridized carbons (Fsp3) is 0.184. The minimum absolute atomic E-state index is 0.623. The van der Waals surface area contributed by atoms with Crippen LogP contribution >= 0.6 is 0 Å². The summed E-state index contributed by atoms with van der Waals surface area (Å²) in [4.78, 5) is 25.7. The first-order chi connectivity index (χ1) is 52.4. The molecule has 0 N–H and O–H groups in total. The number of aromatic nitrogens is 10. The highest BCUT2D eigenvalue weighted by Crippen LogP contribution is 2.37. The molecule has 9 aromatic heterocycles. The van der Waals surface area contributed by atoms with Gasteiger partial charge in [-0.2, -0.15) is 0 Å². The van der Waals surface area contributed by atoms with Crippen LogP contribution in [0.4, 0.5) is 0 Å². The van der Waals surface area contributed by atoms with Crippen molar-refractivity contribution in [2.45, 2.75) is 111 Å². The van der Waals surface area contributed by atoms with E-state index in [2.05, 4.69) is 313 Å². The van der Waals surface area contributed by atoms with Gasteiger partial charge in [0.2, 0.25) is 11.8 Å². The van der Waals surface area contributed by atoms with Crippen LogP contribution in [0.2, 0.25) is 0 Å². The summed E-state index contributed by atoms with van der Waals surface area (Å²) in [5.74, 6) is 1.25. The summed E-state index contributed by atoms with van der Waals surface area (Å²) in [6.07, 6.45) is 13.3. The van der Waals surface area contributed by atoms with Crippen LogP contribution in [0.15, 0.2) is 284 Å². The van der Waals surface area contributed by atoms with Crippen LogP contribution in [0, 0.1) is 111 Å². The Hall–Kier alpha value is -12.6. The van der Waals surface area contributed by atoms with E-state index >= 15 is 0 Å². The van der Waals surface area contributed by atoms with Gasteiger partial charge in [0.25, 0.3) is 0 Å². The van der Waals surface area contributed by atoms with Crippen molar-refractivity contribution in [2.24, 2.45) is 14.1 Å². The highest BCUT2D eigenvalue weighted by atomic mass is 16.4. The van der Waals surface area contributed by atoms with Crippen LogP contribution in [-0.4, -0.2) is 49.2 Å². The largest absolute Gasteiger partial charge is 0.426 e. The summed E-state index contributed by atoms with van der Waals surface area (Å²) in [6, 6.07) is 83.5. The SMILES string of the molecule is Cc1cc(-c2cc(C)c3ccccc3c2)cc2ccccc12.Cc1cc(C)n(C)c1.Cc1ccc(-c2ccc(C)c3ccccc23)c2ccccc12.Cc1ccc(-c2ccc(C)nc2)cn1.Cc1ccc(-c2ccc(C)nc2)nc1.Cc1ccc(C)n1C.Cc1cncc(-c2cccc(C)n2)c1.Cc1nnc(C)o1. The van der Waals surface area contributed by atoms with Gasteiger partial charge in [0.1, 0.15) is 0 Å². The Morgan fingerprint density at radius 3 is 1.12 bits per heavy atom. The molecule has 109 heavy (non-hydrogen) atoms. The van der Waals surface area contributed by atoms with Crippen molar-refractivity contribution in [1.29, 1.82) is 0 Å². The number of hydrogen-bond donors (Lipinski definition) is 0. The van der Waals surface area contributed by atoms with Gasteiger partial charge in [-0.25, -0.2) is 0 Å². The van der Waals surface area contributed by atoms with Crippen molar-refractivity contribution in [3.05, 3.63) is 371 Å². The molecule has 0 amide bonds. The van der Waals surface area contributed by atoms with E-state index < -0.39 is 0 Å². The van der Waals surface area contributed by atoms with Crippen molar-refractivity contribution in [3.8, 4) is 55.9 Å². The van der Waals surface area contributed by atoms with E-state index in [4.69, 9.17) is 4.42 Å². The van der Waals surface area contributed by atoms with Crippen LogP contribution in [0.25, 0.3) is 99.0 Å². The molecule has 11 heteroatoms. The fourth-order valence-corrected chi connectivity index (χ4v) is 12.7. The van der Waals surface area contributed by atoms with Crippen LogP contribution in [0.1, 0.15) is 90.6 Å². The van der Waals surface area contributed by atoms with Gasteiger partial charge >= 0.3 is 0 Å². The topological polar surface area (TPSA) is 126 Å². The molecule has 9 heterocycles. The fourth-order valence-electron chi connectivity index (χ4n) is 12.7. The summed E-state index contributed by atoms with van der Waals surface area (Å²) < 4.78 is 9.15. The second kappa shape index (κ2) is 37.6. The van der Waals surface area contributed by atoms with Crippen LogP contribution in [0.5, 0.6) is 0 Å². The normalized spacial score (nSPS) is 10.5. The molecule has 0 bridgehead atoms. The Labute approximate surface area is 644 Å². The van der Waals surface area contributed by atoms with Crippen molar-refractivity contribution in [2.75, 3.05) is 0 Å². The van der Waals surface area contributed by atoms with Gasteiger partial charge in [-0.1, -0.05) is 158 Å². The van der Waals surface area contributed by atoms with Gasteiger partial charge in [0, 0.05) is 133 Å². The molecular weight excluding hydrogens is 1330 g/mol. The summed E-state index contributed by atoms with van der Waals surface area (Å²) in [5.41, 5.74) is 28.7. The minimum Gasteiger partial charge on any atom is -0.426 e. The van der Waals surface area contributed by atoms with Crippen molar-refractivity contribution < 1.29 is 4.42 Å². The minimum atomic E-state index is 0.623. The quantitative estimate of drug-likeness (QED) is 0.166. The molecule has 0 aliphatic carbocycles. The maximum absolute atomic E-state index is 4.86. The van der Waals surface area contributed by atoms with Gasteiger partial charge in [0.05, 0.1) is 11.4 Å². The first-order valence-electron chi connectivity index (χ1n) is 36.9. The number of hydrogen-bond acceptors (Lipinski definition) is 9. The van der Waals surface area contributed by atoms with Gasteiger partial charge < -0.3 is 13.6 Å². The first-order valence-corrected chi connectivity index (χ1v) is 36.9. The maximum Gasteiger partial charge on any atom is 0.213 e. The third-order valence-corrected chi connectivity index (χ3v) is 19.0. The lowest BCUT2D eigenvalue weighted by Crippen LogP contribution is -1.91. The maximum atomic E-state index is 4.86. The average molecular weight is 1430 g/mol. The van der Waals surface area contributed by atoms with Crippen LogP contribution in [0.3, 0.4) is 0 Å². The Bertz CT molecular complexity index is 5390. The van der Waals surface area contributed by atoms with E-state index in [0.29, 0.717) is 11.8 Å². The number of fused-ring (bicyclic) bond motifs is 4. The average Bonchev–Trinajstić information content (AvgIpc) is 1.21. The molecule has 0 saturated heterocycles. The third-order valence-electron chi connectivity index (χ3n) is 19.0. The molecule has 0 atom stereocenters. The highest BCUT2D eigenvalue weighted by molar-refractivity contribution is 6.07. The number of rotatable bonds is 5. The second-order valence-electron chi connectivity index (χ2n) is 28.0. The molecule has 0 aliphatic heterocycles. The predicted molar refractivity (Wildman–Crippen MR) is 457 cm³/mol. The molecule has 548 valence electrons. The number of aryl methyl sites for hydroxylation is 17. The van der Waals surface area contributed by atoms with Crippen LogP contribution < -0.4 is 0 Å². The molecule has 8 aromatic carbocycles.